The normalized spacial score (nSPS) is 17.0. The molecule has 6 nitrogen and oxygen atoms in total. The third-order valence-corrected chi connectivity index (χ3v) is 3.84. The number of methoxy groups -OCH3 is 1. The molecule has 1 aromatic carbocycles. The molecular weight excluding hydrogens is 308 g/mol. The fourth-order valence-electron chi connectivity index (χ4n) is 2.56. The van der Waals surface area contributed by atoms with Gasteiger partial charge in [0.1, 0.15) is 22.7 Å². The summed E-state index contributed by atoms with van der Waals surface area (Å²) in [5.74, 6) is 1.26. The first-order chi connectivity index (χ1) is 11.2. The Kier molecular flexibility index (Phi) is 5.59. The van der Waals surface area contributed by atoms with Crippen molar-refractivity contribution in [3.05, 3.63) is 18.2 Å². The smallest absolute Gasteiger partial charge is 0.412 e. The number of nitrogens with one attached hydrogen (secondary N) is 2. The lowest BCUT2D eigenvalue weighted by Gasteiger charge is -2.35. The average Bonchev–Trinajstić information content (AvgIpc) is 2.47. The molecule has 1 amide bonds. The van der Waals surface area contributed by atoms with Gasteiger partial charge in [-0.15, -0.1) is 0 Å². The third kappa shape index (κ3) is 5.30. The molecule has 0 unspecified atom stereocenters. The number of ether oxygens (including phenoxy) is 3. The summed E-state index contributed by atoms with van der Waals surface area (Å²) >= 11 is 0. The minimum absolute atomic E-state index is 0.260. The molecule has 0 saturated carbocycles. The van der Waals surface area contributed by atoms with E-state index in [1.54, 1.807) is 13.2 Å². The molecule has 0 atom stereocenters. The molecule has 1 aliphatic heterocycles. The number of hydrogen-bond acceptors (Lipinski definition) is 5. The molecule has 134 valence electrons. The molecule has 1 saturated heterocycles. The van der Waals surface area contributed by atoms with Gasteiger partial charge in [-0.1, -0.05) is 0 Å². The monoisotopic (exact) mass is 336 g/mol. The van der Waals surface area contributed by atoms with E-state index in [9.17, 15) is 4.79 Å². The van der Waals surface area contributed by atoms with E-state index in [1.165, 1.54) is 0 Å². The first kappa shape index (κ1) is 18.4. The highest BCUT2D eigenvalue weighted by Crippen LogP contribution is 2.34. The Bertz CT molecular complexity index is 575. The van der Waals surface area contributed by atoms with E-state index in [-0.39, 0.29) is 5.60 Å². The topological polar surface area (TPSA) is 68.8 Å². The van der Waals surface area contributed by atoms with Crippen LogP contribution in [0.3, 0.4) is 0 Å². The summed E-state index contributed by atoms with van der Waals surface area (Å²) in [5, 5.41) is 6.09. The van der Waals surface area contributed by atoms with Crippen molar-refractivity contribution >= 4 is 11.8 Å². The molecule has 1 heterocycles. The minimum atomic E-state index is -0.564. The molecule has 1 fully saturated rings. The fraction of sp³-hybridized carbons (Fsp3) is 0.611. The number of benzene rings is 1. The van der Waals surface area contributed by atoms with Gasteiger partial charge in [-0.2, -0.15) is 0 Å². The van der Waals surface area contributed by atoms with Crippen molar-refractivity contribution in [3.8, 4) is 11.5 Å². The van der Waals surface area contributed by atoms with Crippen molar-refractivity contribution in [2.75, 3.05) is 25.5 Å². The zero-order valence-corrected chi connectivity index (χ0v) is 15.2. The second kappa shape index (κ2) is 7.30. The first-order valence-electron chi connectivity index (χ1n) is 8.29. The number of piperidine rings is 1. The van der Waals surface area contributed by atoms with Crippen molar-refractivity contribution in [1.29, 1.82) is 0 Å². The van der Waals surface area contributed by atoms with Crippen LogP contribution in [0.2, 0.25) is 0 Å². The molecule has 0 aromatic heterocycles. The molecule has 1 aliphatic rings. The standard InChI is InChI=1S/C18H28N2O4/c1-17(2,3)24-16(21)20-14-12-13(22-5)6-7-15(14)23-18(4)8-10-19-11-9-18/h6-7,12,19H,8-11H2,1-5H3,(H,20,21). The van der Waals surface area contributed by atoms with Crippen LogP contribution in [0, 0.1) is 0 Å². The van der Waals surface area contributed by atoms with Crippen molar-refractivity contribution in [3.63, 3.8) is 0 Å². The van der Waals surface area contributed by atoms with Crippen LogP contribution in [0.25, 0.3) is 0 Å². The molecule has 6 heteroatoms. The van der Waals surface area contributed by atoms with Gasteiger partial charge < -0.3 is 19.5 Å². The first-order valence-corrected chi connectivity index (χ1v) is 8.29. The zero-order chi connectivity index (χ0) is 17.8. The van der Waals surface area contributed by atoms with Gasteiger partial charge in [-0.25, -0.2) is 4.79 Å². The molecule has 0 spiro atoms. The average molecular weight is 336 g/mol. The quantitative estimate of drug-likeness (QED) is 0.880. The van der Waals surface area contributed by atoms with E-state index in [0.29, 0.717) is 17.2 Å². The molecular formula is C18H28N2O4. The van der Waals surface area contributed by atoms with Crippen LogP contribution < -0.4 is 20.1 Å². The van der Waals surface area contributed by atoms with E-state index in [1.807, 2.05) is 32.9 Å². The maximum atomic E-state index is 12.1. The van der Waals surface area contributed by atoms with Crippen LogP contribution in [0.5, 0.6) is 11.5 Å². The zero-order valence-electron chi connectivity index (χ0n) is 15.2. The lowest BCUT2D eigenvalue weighted by atomic mass is 9.94. The minimum Gasteiger partial charge on any atom is -0.497 e. The number of anilines is 1. The van der Waals surface area contributed by atoms with E-state index < -0.39 is 11.7 Å². The van der Waals surface area contributed by atoms with Crippen LogP contribution in [0.4, 0.5) is 10.5 Å². The molecule has 0 aliphatic carbocycles. The summed E-state index contributed by atoms with van der Waals surface area (Å²) in [7, 11) is 1.58. The van der Waals surface area contributed by atoms with E-state index in [4.69, 9.17) is 14.2 Å². The maximum absolute atomic E-state index is 12.1. The van der Waals surface area contributed by atoms with Crippen LogP contribution >= 0.6 is 0 Å². The number of carbonyl (C=O) groups excluding carboxylic acids is 1. The fourth-order valence-corrected chi connectivity index (χ4v) is 2.56. The Morgan fingerprint density at radius 3 is 2.50 bits per heavy atom. The summed E-state index contributed by atoms with van der Waals surface area (Å²) in [6.07, 6.45) is 1.30. The van der Waals surface area contributed by atoms with Gasteiger partial charge in [0.05, 0.1) is 12.8 Å². The highest BCUT2D eigenvalue weighted by molar-refractivity contribution is 5.87. The van der Waals surface area contributed by atoms with Gasteiger partial charge in [0.25, 0.3) is 0 Å². The maximum Gasteiger partial charge on any atom is 0.412 e. The Hall–Kier alpha value is -1.95. The summed E-state index contributed by atoms with van der Waals surface area (Å²) in [5.41, 5.74) is -0.279. The summed E-state index contributed by atoms with van der Waals surface area (Å²) < 4.78 is 16.8. The molecule has 0 radical (unpaired) electrons. The lowest BCUT2D eigenvalue weighted by molar-refractivity contribution is 0.0546. The Morgan fingerprint density at radius 1 is 1.25 bits per heavy atom. The Morgan fingerprint density at radius 2 is 1.92 bits per heavy atom. The predicted molar refractivity (Wildman–Crippen MR) is 94.0 cm³/mol. The van der Waals surface area contributed by atoms with Crippen molar-refractivity contribution in [2.45, 2.75) is 51.7 Å². The van der Waals surface area contributed by atoms with E-state index >= 15 is 0 Å². The molecule has 2 N–H and O–H groups in total. The van der Waals surface area contributed by atoms with E-state index in [0.717, 1.165) is 25.9 Å². The second-order valence-electron chi connectivity index (χ2n) is 7.29. The largest absolute Gasteiger partial charge is 0.497 e. The summed E-state index contributed by atoms with van der Waals surface area (Å²) in [4.78, 5) is 12.1. The predicted octanol–water partition coefficient (Wildman–Crippen LogP) is 3.56. The highest BCUT2D eigenvalue weighted by atomic mass is 16.6. The number of carbonyl (C=O) groups is 1. The third-order valence-electron chi connectivity index (χ3n) is 3.84. The van der Waals surface area contributed by atoms with Crippen molar-refractivity contribution in [1.82, 2.24) is 5.32 Å². The Labute approximate surface area is 143 Å². The number of rotatable bonds is 4. The van der Waals surface area contributed by atoms with Crippen LogP contribution in [0.15, 0.2) is 18.2 Å². The van der Waals surface area contributed by atoms with Gasteiger partial charge >= 0.3 is 6.09 Å². The molecule has 2 rings (SSSR count). The van der Waals surface area contributed by atoms with E-state index in [2.05, 4.69) is 17.6 Å². The van der Waals surface area contributed by atoms with Gasteiger partial charge in [0.2, 0.25) is 0 Å². The lowest BCUT2D eigenvalue weighted by Crippen LogP contribution is -2.44. The number of hydrogen-bond donors (Lipinski definition) is 2. The second-order valence-corrected chi connectivity index (χ2v) is 7.29. The molecule has 1 aromatic rings. The molecule has 0 bridgehead atoms. The number of amides is 1. The summed E-state index contributed by atoms with van der Waals surface area (Å²) in [6, 6.07) is 5.38. The van der Waals surface area contributed by atoms with Gasteiger partial charge in [0.15, 0.2) is 0 Å². The van der Waals surface area contributed by atoms with Crippen LogP contribution in [0.1, 0.15) is 40.5 Å². The molecule has 24 heavy (non-hydrogen) atoms. The van der Waals surface area contributed by atoms with Crippen LogP contribution in [-0.4, -0.2) is 37.5 Å². The SMILES string of the molecule is COc1ccc(OC2(C)CCNCC2)c(NC(=O)OC(C)(C)C)c1. The van der Waals surface area contributed by atoms with Crippen LogP contribution in [-0.2, 0) is 4.74 Å². The van der Waals surface area contributed by atoms with Gasteiger partial charge in [-0.05, 0) is 65.8 Å². The van der Waals surface area contributed by atoms with Crippen molar-refractivity contribution in [2.24, 2.45) is 0 Å². The summed E-state index contributed by atoms with van der Waals surface area (Å²) in [6.45, 7) is 9.40. The van der Waals surface area contributed by atoms with Gasteiger partial charge in [0, 0.05) is 6.07 Å². The highest BCUT2D eigenvalue weighted by Gasteiger charge is 2.30. The van der Waals surface area contributed by atoms with Crippen molar-refractivity contribution < 1.29 is 19.0 Å². The Balaban J connectivity index is 2.19. The van der Waals surface area contributed by atoms with Gasteiger partial charge in [-0.3, -0.25) is 5.32 Å².